The molecule has 9 rings (SSSR count). The Bertz CT molecular complexity index is 3040. The summed E-state index contributed by atoms with van der Waals surface area (Å²) in [6.45, 7) is 15.7. The predicted molar refractivity (Wildman–Crippen MR) is 255 cm³/mol. The van der Waals surface area contributed by atoms with Crippen LogP contribution in [0.3, 0.4) is 0 Å². The molecule has 0 fully saturated rings. The lowest BCUT2D eigenvalue weighted by Crippen LogP contribution is -2.14. The molecule has 0 unspecified atom stereocenters. The molecule has 300 valence electrons. The predicted octanol–water partition coefficient (Wildman–Crippen LogP) is 15.0. The van der Waals surface area contributed by atoms with Gasteiger partial charge in [0.2, 0.25) is 0 Å². The van der Waals surface area contributed by atoms with Crippen LogP contribution in [0.15, 0.2) is 176 Å². The second-order valence-electron chi connectivity index (χ2n) is 18.2. The zero-order chi connectivity index (χ0) is 42.5. The van der Waals surface area contributed by atoms with E-state index in [1.807, 2.05) is 24.4 Å². The normalized spacial score (nSPS) is 11.9. The van der Waals surface area contributed by atoms with Crippen LogP contribution in [-0.2, 0) is 10.8 Å². The number of benzene rings is 7. The summed E-state index contributed by atoms with van der Waals surface area (Å²) in [4.78, 5) is 10.5. The molecule has 0 aliphatic rings. The van der Waals surface area contributed by atoms with Crippen molar-refractivity contribution >= 4 is 11.0 Å². The van der Waals surface area contributed by atoms with Gasteiger partial charge in [0, 0.05) is 22.9 Å². The van der Waals surface area contributed by atoms with Crippen molar-refractivity contribution in [2.75, 3.05) is 0 Å². The summed E-state index contributed by atoms with van der Waals surface area (Å²) < 4.78 is 2.26. The van der Waals surface area contributed by atoms with Crippen molar-refractivity contribution in [3.05, 3.63) is 193 Å². The Hall–Kier alpha value is -7.04. The van der Waals surface area contributed by atoms with E-state index in [1.165, 1.54) is 16.7 Å². The molecule has 2 aromatic heterocycles. The van der Waals surface area contributed by atoms with E-state index in [0.717, 1.165) is 72.5 Å². The first-order valence-electron chi connectivity index (χ1n) is 21.1. The highest BCUT2D eigenvalue weighted by Gasteiger charge is 2.27. The Morgan fingerprint density at radius 3 is 1.79 bits per heavy atom. The van der Waals surface area contributed by atoms with E-state index >= 15 is 0 Å². The Morgan fingerprint density at radius 1 is 0.475 bits per heavy atom. The van der Waals surface area contributed by atoms with Gasteiger partial charge in [-0.2, -0.15) is 0 Å². The molecule has 1 N–H and O–H groups in total. The third-order valence-corrected chi connectivity index (χ3v) is 11.7. The van der Waals surface area contributed by atoms with Crippen LogP contribution in [0.5, 0.6) is 5.75 Å². The summed E-state index contributed by atoms with van der Waals surface area (Å²) in [5.41, 5.74) is 17.6. The molecule has 0 aliphatic heterocycles. The largest absolute Gasteiger partial charge is 0.507 e. The number of pyridine rings is 1. The summed E-state index contributed by atoms with van der Waals surface area (Å²) in [6, 6.07) is 59.7. The number of fused-ring (bicyclic) bond motifs is 1. The summed E-state index contributed by atoms with van der Waals surface area (Å²) in [5.74, 6) is 0.841. The van der Waals surface area contributed by atoms with Crippen molar-refractivity contribution in [3.8, 4) is 78.6 Å². The molecule has 9 aromatic rings. The van der Waals surface area contributed by atoms with E-state index in [9.17, 15) is 5.11 Å². The van der Waals surface area contributed by atoms with Crippen LogP contribution >= 0.6 is 0 Å². The van der Waals surface area contributed by atoms with E-state index < -0.39 is 0 Å². The monoisotopic (exact) mass is 793 g/mol. The third-order valence-electron chi connectivity index (χ3n) is 11.7. The van der Waals surface area contributed by atoms with Gasteiger partial charge < -0.3 is 5.11 Å². The first-order chi connectivity index (χ1) is 29.3. The lowest BCUT2D eigenvalue weighted by Gasteiger charge is -2.27. The maximum atomic E-state index is 11.6. The number of phenolic OH excluding ortho intramolecular Hbond substituents is 1. The summed E-state index contributed by atoms with van der Waals surface area (Å²) in [7, 11) is 0. The van der Waals surface area contributed by atoms with Crippen LogP contribution < -0.4 is 0 Å². The molecule has 0 spiro atoms. The fourth-order valence-electron chi connectivity index (χ4n) is 8.40. The van der Waals surface area contributed by atoms with E-state index in [0.29, 0.717) is 11.4 Å². The second-order valence-corrected chi connectivity index (χ2v) is 18.2. The Morgan fingerprint density at radius 2 is 1.11 bits per heavy atom. The van der Waals surface area contributed by atoms with Gasteiger partial charge in [-0.1, -0.05) is 162 Å². The van der Waals surface area contributed by atoms with Gasteiger partial charge in [0.1, 0.15) is 11.6 Å². The second kappa shape index (κ2) is 15.5. The van der Waals surface area contributed by atoms with Crippen LogP contribution in [0, 0.1) is 6.92 Å². The SMILES string of the molecule is Cc1ccc(-c2ccnc(-c3cc(-c4cccc5c4nc(-c4ccccc4O)n5-c4cc(-c5ccccc5)c(C(C)(C)C)cc4-c4ccccc4)cc(C(C)(C)C)c3)c2)cc1. The fourth-order valence-corrected chi connectivity index (χ4v) is 8.40. The lowest BCUT2D eigenvalue weighted by molar-refractivity contribution is 0.477. The van der Waals surface area contributed by atoms with E-state index in [2.05, 4.69) is 199 Å². The molecule has 0 bridgehead atoms. The zero-order valence-corrected chi connectivity index (χ0v) is 36.0. The quantitative estimate of drug-likeness (QED) is 0.175. The molecule has 0 aliphatic carbocycles. The van der Waals surface area contributed by atoms with Gasteiger partial charge in [-0.3, -0.25) is 9.55 Å². The van der Waals surface area contributed by atoms with Crippen LogP contribution in [0.25, 0.3) is 83.9 Å². The Labute approximate surface area is 359 Å². The van der Waals surface area contributed by atoms with Crippen molar-refractivity contribution in [2.24, 2.45) is 0 Å². The lowest BCUT2D eigenvalue weighted by atomic mass is 9.79. The van der Waals surface area contributed by atoms with Gasteiger partial charge in [-0.25, -0.2) is 4.98 Å². The first kappa shape index (κ1) is 39.4. The number of aromatic nitrogens is 3. The van der Waals surface area contributed by atoms with Crippen molar-refractivity contribution < 1.29 is 5.11 Å². The minimum Gasteiger partial charge on any atom is -0.507 e. The molecule has 0 saturated carbocycles. The molecule has 61 heavy (non-hydrogen) atoms. The number of nitrogens with zero attached hydrogens (tertiary/aromatic N) is 3. The summed E-state index contributed by atoms with van der Waals surface area (Å²) in [5, 5.41) is 11.6. The molecular formula is C57H51N3O. The topological polar surface area (TPSA) is 50.9 Å². The van der Waals surface area contributed by atoms with Crippen molar-refractivity contribution in [2.45, 2.75) is 59.3 Å². The van der Waals surface area contributed by atoms with E-state index in [-0.39, 0.29) is 16.6 Å². The molecule has 0 saturated heterocycles. The number of aromatic hydroxyl groups is 1. The maximum Gasteiger partial charge on any atom is 0.149 e. The highest BCUT2D eigenvalue weighted by atomic mass is 16.3. The standard InChI is InChI=1S/C57H51N3O/c1-37-25-27-38(28-26-37)41-29-30-58-50(34-41)43-31-42(32-44(33-43)56(2,3)4)45-22-16-23-51-54(45)59-55(46-21-14-15-24-53(46)61)60(51)52-36-47(39-17-10-8-11-18-39)49(57(5,6)7)35-48(52)40-19-12-9-13-20-40/h8-36,61H,1-7H3. The van der Waals surface area contributed by atoms with Crippen LogP contribution in [0.1, 0.15) is 58.2 Å². The smallest absolute Gasteiger partial charge is 0.149 e. The van der Waals surface area contributed by atoms with Crippen molar-refractivity contribution in [1.29, 1.82) is 0 Å². The third kappa shape index (κ3) is 7.66. The minimum atomic E-state index is -0.151. The van der Waals surface area contributed by atoms with Gasteiger partial charge in [0.05, 0.1) is 28.0 Å². The van der Waals surface area contributed by atoms with E-state index in [4.69, 9.17) is 9.97 Å². The molecule has 7 aromatic carbocycles. The highest BCUT2D eigenvalue weighted by Crippen LogP contribution is 2.45. The van der Waals surface area contributed by atoms with Gasteiger partial charge in [-0.15, -0.1) is 0 Å². The minimum absolute atomic E-state index is 0.138. The number of rotatable bonds is 7. The molecule has 4 nitrogen and oxygen atoms in total. The Kier molecular flexibility index (Phi) is 10.0. The first-order valence-corrected chi connectivity index (χ1v) is 21.1. The number of para-hydroxylation sites is 2. The fraction of sp³-hybridized carbons (Fsp3) is 0.158. The molecule has 0 atom stereocenters. The van der Waals surface area contributed by atoms with Gasteiger partial charge in [0.25, 0.3) is 0 Å². The van der Waals surface area contributed by atoms with Gasteiger partial charge in [-0.05, 0) is 117 Å². The zero-order valence-electron chi connectivity index (χ0n) is 36.0. The number of phenols is 1. The number of imidazole rings is 1. The van der Waals surface area contributed by atoms with Crippen LogP contribution in [0.4, 0.5) is 0 Å². The van der Waals surface area contributed by atoms with E-state index in [1.54, 1.807) is 6.07 Å². The van der Waals surface area contributed by atoms with Crippen molar-refractivity contribution in [3.63, 3.8) is 0 Å². The molecule has 2 heterocycles. The summed E-state index contributed by atoms with van der Waals surface area (Å²) in [6.07, 6.45) is 1.91. The molecule has 4 heteroatoms. The number of aryl methyl sites for hydroxylation is 1. The average molecular weight is 794 g/mol. The molecular weight excluding hydrogens is 743 g/mol. The number of hydrogen-bond acceptors (Lipinski definition) is 3. The number of hydrogen-bond donors (Lipinski definition) is 1. The maximum absolute atomic E-state index is 11.6. The summed E-state index contributed by atoms with van der Waals surface area (Å²) >= 11 is 0. The van der Waals surface area contributed by atoms with Gasteiger partial charge >= 0.3 is 0 Å². The van der Waals surface area contributed by atoms with Crippen molar-refractivity contribution in [1.82, 2.24) is 14.5 Å². The Balaban J connectivity index is 1.34. The molecule has 0 amide bonds. The highest BCUT2D eigenvalue weighted by molar-refractivity contribution is 5.98. The average Bonchev–Trinajstić information content (AvgIpc) is 3.66. The molecule has 0 radical (unpaired) electrons. The van der Waals surface area contributed by atoms with Gasteiger partial charge in [0.15, 0.2) is 0 Å². The van der Waals surface area contributed by atoms with Crippen LogP contribution in [-0.4, -0.2) is 19.6 Å². The van der Waals surface area contributed by atoms with Crippen LogP contribution in [0.2, 0.25) is 0 Å².